The van der Waals surface area contributed by atoms with E-state index in [4.69, 9.17) is 4.74 Å². The van der Waals surface area contributed by atoms with Gasteiger partial charge in [-0.3, -0.25) is 9.59 Å². The lowest BCUT2D eigenvalue weighted by molar-refractivity contribution is -0.165. The zero-order valence-corrected chi connectivity index (χ0v) is 19.0. The lowest BCUT2D eigenvalue weighted by Crippen LogP contribution is -2.61. The Morgan fingerprint density at radius 2 is 1.67 bits per heavy atom. The van der Waals surface area contributed by atoms with E-state index in [1.807, 2.05) is 31.2 Å². The third-order valence-corrected chi connectivity index (χ3v) is 6.76. The number of amides is 2. The molecule has 4 rings (SSSR count). The SMILES string of the molecule is CC(CCCNC(=O)OCC1c2ccccc2-c2ccccc21)C(=O)N1CC(C)(C(=O)O)C1. The van der Waals surface area contributed by atoms with Gasteiger partial charge in [0.2, 0.25) is 5.91 Å². The Morgan fingerprint density at radius 1 is 1.09 bits per heavy atom. The molecule has 2 N–H and O–H groups in total. The van der Waals surface area contributed by atoms with Gasteiger partial charge >= 0.3 is 12.1 Å². The third kappa shape index (κ3) is 4.58. The average molecular weight is 451 g/mol. The smallest absolute Gasteiger partial charge is 0.407 e. The lowest BCUT2D eigenvalue weighted by atomic mass is 9.81. The maximum absolute atomic E-state index is 12.4. The van der Waals surface area contributed by atoms with Gasteiger partial charge in [-0.25, -0.2) is 4.79 Å². The number of carboxylic acid groups (broad SMARTS) is 1. The second-order valence-electron chi connectivity index (χ2n) is 9.36. The van der Waals surface area contributed by atoms with E-state index in [0.717, 1.165) is 0 Å². The Hall–Kier alpha value is -3.35. The number of carbonyl (C=O) groups is 3. The number of carbonyl (C=O) groups excluding carboxylic acids is 2. The molecule has 2 aromatic carbocycles. The minimum atomic E-state index is -0.869. The van der Waals surface area contributed by atoms with Crippen LogP contribution in [0, 0.1) is 11.3 Å². The molecule has 33 heavy (non-hydrogen) atoms. The van der Waals surface area contributed by atoms with E-state index in [0.29, 0.717) is 19.4 Å². The van der Waals surface area contributed by atoms with Gasteiger partial charge in [0.25, 0.3) is 0 Å². The molecule has 7 nitrogen and oxygen atoms in total. The van der Waals surface area contributed by atoms with Crippen LogP contribution in [0.5, 0.6) is 0 Å². The zero-order chi connectivity index (χ0) is 23.6. The van der Waals surface area contributed by atoms with Crippen LogP contribution in [0.25, 0.3) is 11.1 Å². The topological polar surface area (TPSA) is 95.9 Å². The van der Waals surface area contributed by atoms with E-state index in [9.17, 15) is 19.5 Å². The van der Waals surface area contributed by atoms with Crippen molar-refractivity contribution < 1.29 is 24.2 Å². The number of likely N-dealkylation sites (tertiary alicyclic amines) is 1. The predicted octanol–water partition coefficient (Wildman–Crippen LogP) is 3.87. The number of benzene rings is 2. The van der Waals surface area contributed by atoms with Gasteiger partial charge in [0.15, 0.2) is 0 Å². The number of carboxylic acids is 1. The molecule has 2 amide bonds. The Labute approximate surface area is 193 Å². The highest BCUT2D eigenvalue weighted by molar-refractivity contribution is 5.84. The highest BCUT2D eigenvalue weighted by Crippen LogP contribution is 2.44. The number of nitrogens with zero attached hydrogens (tertiary/aromatic N) is 1. The molecule has 1 saturated heterocycles. The number of alkyl carbamates (subject to hydrolysis) is 1. The van der Waals surface area contributed by atoms with Crippen LogP contribution in [0.1, 0.15) is 43.7 Å². The quantitative estimate of drug-likeness (QED) is 0.595. The minimum Gasteiger partial charge on any atom is -0.481 e. The van der Waals surface area contributed by atoms with E-state index in [1.54, 1.807) is 11.8 Å². The van der Waals surface area contributed by atoms with Crippen LogP contribution < -0.4 is 5.32 Å². The molecule has 1 unspecified atom stereocenters. The molecule has 0 aromatic heterocycles. The third-order valence-electron chi connectivity index (χ3n) is 6.76. The normalized spacial score (nSPS) is 16.8. The first kappa shape index (κ1) is 22.8. The van der Waals surface area contributed by atoms with Crippen molar-refractivity contribution in [3.05, 3.63) is 59.7 Å². The van der Waals surface area contributed by atoms with Crippen molar-refractivity contribution in [1.29, 1.82) is 0 Å². The van der Waals surface area contributed by atoms with Crippen LogP contribution in [-0.4, -0.2) is 54.2 Å². The Kier molecular flexibility index (Phi) is 6.40. The summed E-state index contributed by atoms with van der Waals surface area (Å²) in [6.45, 7) is 4.69. The standard InChI is InChI=1S/C26H30N2O5/c1-17(23(29)28-15-26(2,16-28)24(30)31)8-7-13-27-25(32)33-14-22-20-11-5-3-9-18(20)19-10-4-6-12-21(19)22/h3-6,9-12,17,22H,7-8,13-16H2,1-2H3,(H,27,32)(H,30,31). The number of hydrogen-bond donors (Lipinski definition) is 2. The number of aliphatic carboxylic acids is 1. The van der Waals surface area contributed by atoms with Crippen molar-refractivity contribution in [2.24, 2.45) is 11.3 Å². The number of nitrogens with one attached hydrogen (secondary N) is 1. The minimum absolute atomic E-state index is 0.0220. The Bertz CT molecular complexity index is 1010. The summed E-state index contributed by atoms with van der Waals surface area (Å²) < 4.78 is 5.52. The molecule has 0 radical (unpaired) electrons. The van der Waals surface area contributed by atoms with Crippen molar-refractivity contribution >= 4 is 18.0 Å². The molecule has 174 valence electrons. The lowest BCUT2D eigenvalue weighted by Gasteiger charge is -2.45. The van der Waals surface area contributed by atoms with E-state index in [1.165, 1.54) is 22.3 Å². The fourth-order valence-corrected chi connectivity index (χ4v) is 4.77. The number of ether oxygens (including phenoxy) is 1. The molecule has 2 aliphatic rings. The van der Waals surface area contributed by atoms with Gasteiger partial charge < -0.3 is 20.1 Å². The molecular formula is C26H30N2O5. The maximum atomic E-state index is 12.4. The molecule has 0 bridgehead atoms. The van der Waals surface area contributed by atoms with E-state index >= 15 is 0 Å². The van der Waals surface area contributed by atoms with Crippen LogP contribution in [0.2, 0.25) is 0 Å². The zero-order valence-electron chi connectivity index (χ0n) is 19.0. The first-order valence-corrected chi connectivity index (χ1v) is 11.4. The van der Waals surface area contributed by atoms with E-state index < -0.39 is 17.5 Å². The van der Waals surface area contributed by atoms with Gasteiger partial charge in [-0.1, -0.05) is 55.5 Å². The fraction of sp³-hybridized carbons (Fsp3) is 0.423. The maximum Gasteiger partial charge on any atom is 0.407 e. The van der Waals surface area contributed by atoms with Crippen molar-refractivity contribution in [3.63, 3.8) is 0 Å². The highest BCUT2D eigenvalue weighted by atomic mass is 16.5. The average Bonchev–Trinajstić information content (AvgIpc) is 3.11. The predicted molar refractivity (Wildman–Crippen MR) is 124 cm³/mol. The fourth-order valence-electron chi connectivity index (χ4n) is 4.77. The molecular weight excluding hydrogens is 420 g/mol. The van der Waals surface area contributed by atoms with Crippen LogP contribution >= 0.6 is 0 Å². The number of rotatable bonds is 8. The second kappa shape index (κ2) is 9.25. The largest absolute Gasteiger partial charge is 0.481 e. The molecule has 1 heterocycles. The molecule has 7 heteroatoms. The van der Waals surface area contributed by atoms with Gasteiger partial charge in [0, 0.05) is 31.5 Å². The molecule has 1 fully saturated rings. The summed E-state index contributed by atoms with van der Waals surface area (Å²) in [4.78, 5) is 37.5. The second-order valence-corrected chi connectivity index (χ2v) is 9.36. The van der Waals surface area contributed by atoms with Crippen molar-refractivity contribution in [2.75, 3.05) is 26.2 Å². The first-order chi connectivity index (χ1) is 15.8. The number of hydrogen-bond acceptors (Lipinski definition) is 4. The summed E-state index contributed by atoms with van der Waals surface area (Å²) in [7, 11) is 0. The summed E-state index contributed by atoms with van der Waals surface area (Å²) >= 11 is 0. The summed E-state index contributed by atoms with van der Waals surface area (Å²) in [5.41, 5.74) is 3.88. The van der Waals surface area contributed by atoms with Crippen molar-refractivity contribution in [1.82, 2.24) is 10.2 Å². The van der Waals surface area contributed by atoms with Crippen LogP contribution in [-0.2, 0) is 14.3 Å². The molecule has 0 spiro atoms. The molecule has 1 aliphatic heterocycles. The number of fused-ring (bicyclic) bond motifs is 3. The summed E-state index contributed by atoms with van der Waals surface area (Å²) in [5.74, 6) is -1.09. The Balaban J connectivity index is 1.19. The van der Waals surface area contributed by atoms with Gasteiger partial charge in [-0.05, 0) is 42.0 Å². The molecule has 0 saturated carbocycles. The van der Waals surface area contributed by atoms with Crippen LogP contribution in [0.15, 0.2) is 48.5 Å². The molecule has 1 aliphatic carbocycles. The van der Waals surface area contributed by atoms with E-state index in [2.05, 4.69) is 29.6 Å². The van der Waals surface area contributed by atoms with E-state index in [-0.39, 0.29) is 37.4 Å². The summed E-state index contributed by atoms with van der Waals surface area (Å²) in [6.07, 6.45) is 0.792. The van der Waals surface area contributed by atoms with Crippen molar-refractivity contribution in [3.8, 4) is 11.1 Å². The van der Waals surface area contributed by atoms with Gasteiger partial charge in [-0.15, -0.1) is 0 Å². The Morgan fingerprint density at radius 3 is 2.24 bits per heavy atom. The van der Waals surface area contributed by atoms with Crippen LogP contribution in [0.4, 0.5) is 4.79 Å². The van der Waals surface area contributed by atoms with Gasteiger partial charge in [-0.2, -0.15) is 0 Å². The highest BCUT2D eigenvalue weighted by Gasteiger charge is 2.47. The monoisotopic (exact) mass is 450 g/mol. The molecule has 2 aromatic rings. The van der Waals surface area contributed by atoms with Gasteiger partial charge in [0.05, 0.1) is 5.41 Å². The van der Waals surface area contributed by atoms with Crippen LogP contribution in [0.3, 0.4) is 0 Å². The first-order valence-electron chi connectivity index (χ1n) is 11.4. The summed E-state index contributed by atoms with van der Waals surface area (Å²) in [5, 5.41) is 11.9. The molecule has 1 atom stereocenters. The van der Waals surface area contributed by atoms with Crippen molar-refractivity contribution in [2.45, 2.75) is 32.6 Å². The van der Waals surface area contributed by atoms with Gasteiger partial charge in [0.1, 0.15) is 6.61 Å². The summed E-state index contributed by atoms with van der Waals surface area (Å²) in [6, 6.07) is 16.4.